The van der Waals surface area contributed by atoms with Crippen LogP contribution in [-0.2, 0) is 4.79 Å². The molecule has 1 aromatic heterocycles. The molecule has 1 amide bonds. The molecule has 2 aromatic rings. The number of amides is 1. The lowest BCUT2D eigenvalue weighted by atomic mass is 9.84. The fourth-order valence-corrected chi connectivity index (χ4v) is 3.63. The van der Waals surface area contributed by atoms with Crippen molar-refractivity contribution in [2.45, 2.75) is 19.3 Å². The Morgan fingerprint density at radius 3 is 2.54 bits per heavy atom. The van der Waals surface area contributed by atoms with Crippen molar-refractivity contribution in [2.75, 3.05) is 32.7 Å². The fraction of sp³-hybridized carbons (Fsp3) is 0.474. The van der Waals surface area contributed by atoms with Gasteiger partial charge < -0.3 is 9.88 Å². The van der Waals surface area contributed by atoms with Crippen molar-refractivity contribution >= 4 is 22.6 Å². The summed E-state index contributed by atoms with van der Waals surface area (Å²) >= 11 is 0. The number of fused-ring (bicyclic) bond motifs is 1. The molecule has 2 aliphatic rings. The number of aromatic nitrogens is 1. The molecule has 1 aliphatic heterocycles. The average molecular weight is 325 g/mol. The van der Waals surface area contributed by atoms with Crippen molar-refractivity contribution in [3.63, 3.8) is 0 Å². The molecule has 1 saturated heterocycles. The Balaban J connectivity index is 1.35. The molecule has 0 atom stereocenters. The number of hydrogen-bond acceptors (Lipinski definition) is 3. The molecule has 0 unspecified atom stereocenters. The molecule has 4 rings (SSSR count). The van der Waals surface area contributed by atoms with Crippen LogP contribution in [0.25, 0.3) is 10.9 Å². The zero-order valence-electron chi connectivity index (χ0n) is 13.8. The van der Waals surface area contributed by atoms with Crippen molar-refractivity contribution in [2.24, 2.45) is 5.92 Å². The molecule has 24 heavy (non-hydrogen) atoms. The number of nitrogens with zero attached hydrogens (tertiary/aromatic N) is 2. The third kappa shape index (κ3) is 2.84. The van der Waals surface area contributed by atoms with E-state index in [0.717, 1.165) is 55.5 Å². The van der Waals surface area contributed by atoms with Crippen LogP contribution in [0.3, 0.4) is 0 Å². The number of para-hydroxylation sites is 1. The van der Waals surface area contributed by atoms with Crippen molar-refractivity contribution < 1.29 is 9.59 Å². The molecule has 1 aromatic carbocycles. The molecule has 126 valence electrons. The van der Waals surface area contributed by atoms with Gasteiger partial charge in [-0.1, -0.05) is 24.6 Å². The van der Waals surface area contributed by atoms with Gasteiger partial charge in [-0.05, 0) is 18.9 Å². The second kappa shape index (κ2) is 6.40. The van der Waals surface area contributed by atoms with Crippen LogP contribution in [0.5, 0.6) is 0 Å². The van der Waals surface area contributed by atoms with Crippen LogP contribution >= 0.6 is 0 Å². The lowest BCUT2D eigenvalue weighted by Crippen LogP contribution is -2.52. The van der Waals surface area contributed by atoms with Crippen LogP contribution in [0.1, 0.15) is 29.6 Å². The van der Waals surface area contributed by atoms with Crippen LogP contribution in [-0.4, -0.2) is 59.2 Å². The van der Waals surface area contributed by atoms with Gasteiger partial charge in [-0.15, -0.1) is 0 Å². The molecular weight excluding hydrogens is 302 g/mol. The highest BCUT2D eigenvalue weighted by Gasteiger charge is 2.31. The van der Waals surface area contributed by atoms with Gasteiger partial charge in [-0.2, -0.15) is 0 Å². The van der Waals surface area contributed by atoms with Gasteiger partial charge >= 0.3 is 0 Å². The number of carbonyl (C=O) groups is 2. The van der Waals surface area contributed by atoms with Gasteiger partial charge in [0.25, 0.3) is 0 Å². The topological polar surface area (TPSA) is 56.4 Å². The Morgan fingerprint density at radius 1 is 1.08 bits per heavy atom. The van der Waals surface area contributed by atoms with Gasteiger partial charge in [0.15, 0.2) is 5.78 Å². The molecule has 0 spiro atoms. The number of piperazine rings is 1. The lowest BCUT2D eigenvalue weighted by molar-refractivity contribution is -0.139. The maximum Gasteiger partial charge on any atom is 0.225 e. The number of ketones is 1. The number of rotatable bonds is 4. The summed E-state index contributed by atoms with van der Waals surface area (Å²) in [7, 11) is 0. The Bertz CT molecular complexity index is 755. The summed E-state index contributed by atoms with van der Waals surface area (Å²) in [5.41, 5.74) is 1.76. The minimum Gasteiger partial charge on any atom is -0.360 e. The number of aromatic amines is 1. The minimum absolute atomic E-state index is 0.145. The highest BCUT2D eigenvalue weighted by Crippen LogP contribution is 2.28. The highest BCUT2D eigenvalue weighted by atomic mass is 16.2. The molecule has 0 bridgehead atoms. The predicted octanol–water partition coefficient (Wildman–Crippen LogP) is 2.29. The lowest BCUT2D eigenvalue weighted by Gasteiger charge is -2.38. The first-order chi connectivity index (χ1) is 11.7. The Labute approximate surface area is 141 Å². The van der Waals surface area contributed by atoms with E-state index in [9.17, 15) is 9.59 Å². The second-order valence-electron chi connectivity index (χ2n) is 6.90. The van der Waals surface area contributed by atoms with Gasteiger partial charge in [0.1, 0.15) is 0 Å². The summed E-state index contributed by atoms with van der Waals surface area (Å²) in [6, 6.07) is 7.88. The quantitative estimate of drug-likeness (QED) is 0.878. The van der Waals surface area contributed by atoms with Gasteiger partial charge in [0, 0.05) is 54.8 Å². The van der Waals surface area contributed by atoms with Gasteiger partial charge in [-0.25, -0.2) is 0 Å². The Hall–Kier alpha value is -2.14. The number of carbonyl (C=O) groups excluding carboxylic acids is 2. The zero-order valence-corrected chi connectivity index (χ0v) is 13.8. The minimum atomic E-state index is 0.145. The maximum absolute atomic E-state index is 12.6. The van der Waals surface area contributed by atoms with E-state index in [1.54, 1.807) is 0 Å². The molecular formula is C19H23N3O2. The van der Waals surface area contributed by atoms with E-state index in [1.165, 1.54) is 6.42 Å². The first-order valence-electron chi connectivity index (χ1n) is 8.83. The van der Waals surface area contributed by atoms with Crippen molar-refractivity contribution in [3.05, 3.63) is 36.0 Å². The smallest absolute Gasteiger partial charge is 0.225 e. The molecule has 1 N–H and O–H groups in total. The van der Waals surface area contributed by atoms with E-state index < -0.39 is 0 Å². The third-order valence-electron chi connectivity index (χ3n) is 5.40. The van der Waals surface area contributed by atoms with Gasteiger partial charge in [0.2, 0.25) is 5.91 Å². The normalized spacial score (nSPS) is 19.4. The largest absolute Gasteiger partial charge is 0.360 e. The van der Waals surface area contributed by atoms with Crippen LogP contribution in [0, 0.1) is 5.92 Å². The van der Waals surface area contributed by atoms with E-state index in [4.69, 9.17) is 0 Å². The van der Waals surface area contributed by atoms with Gasteiger partial charge in [-0.3, -0.25) is 14.5 Å². The third-order valence-corrected chi connectivity index (χ3v) is 5.40. The monoisotopic (exact) mass is 325 g/mol. The summed E-state index contributed by atoms with van der Waals surface area (Å²) in [6.07, 6.45) is 5.11. The number of H-pyrrole nitrogens is 1. The maximum atomic E-state index is 12.6. The second-order valence-corrected chi connectivity index (χ2v) is 6.90. The molecule has 5 nitrogen and oxygen atoms in total. The van der Waals surface area contributed by atoms with E-state index in [2.05, 4.69) is 9.88 Å². The van der Waals surface area contributed by atoms with E-state index in [0.29, 0.717) is 12.5 Å². The molecule has 5 heteroatoms. The van der Waals surface area contributed by atoms with Crippen molar-refractivity contribution in [1.29, 1.82) is 0 Å². The van der Waals surface area contributed by atoms with Crippen molar-refractivity contribution in [1.82, 2.24) is 14.8 Å². The predicted molar refractivity (Wildman–Crippen MR) is 93.0 cm³/mol. The number of Topliss-reactive ketones (excluding diaryl/α,β-unsaturated/α-hetero) is 1. The SMILES string of the molecule is O=C(CN1CCN(C(=O)C2CCC2)CC1)c1c[nH]c2ccccc12. The van der Waals surface area contributed by atoms with E-state index in [-0.39, 0.29) is 11.7 Å². The molecule has 2 heterocycles. The summed E-state index contributed by atoms with van der Waals surface area (Å²) in [4.78, 5) is 32.2. The van der Waals surface area contributed by atoms with Crippen LogP contribution < -0.4 is 0 Å². The highest BCUT2D eigenvalue weighted by molar-refractivity contribution is 6.08. The van der Waals surface area contributed by atoms with Crippen LogP contribution in [0.4, 0.5) is 0 Å². The summed E-state index contributed by atoms with van der Waals surface area (Å²) in [6.45, 7) is 3.49. The number of nitrogens with one attached hydrogen (secondary N) is 1. The fourth-order valence-electron chi connectivity index (χ4n) is 3.63. The van der Waals surface area contributed by atoms with Crippen LogP contribution in [0.2, 0.25) is 0 Å². The Morgan fingerprint density at radius 2 is 1.83 bits per heavy atom. The summed E-state index contributed by atoms with van der Waals surface area (Å²) in [5.74, 6) is 0.736. The average Bonchev–Trinajstić information content (AvgIpc) is 2.98. The number of benzene rings is 1. The molecule has 1 aliphatic carbocycles. The zero-order chi connectivity index (χ0) is 16.5. The van der Waals surface area contributed by atoms with E-state index in [1.807, 2.05) is 35.4 Å². The van der Waals surface area contributed by atoms with Crippen LogP contribution in [0.15, 0.2) is 30.5 Å². The summed E-state index contributed by atoms with van der Waals surface area (Å²) in [5, 5.41) is 0.987. The molecule has 1 saturated carbocycles. The van der Waals surface area contributed by atoms with E-state index >= 15 is 0 Å². The van der Waals surface area contributed by atoms with Gasteiger partial charge in [0.05, 0.1) is 6.54 Å². The van der Waals surface area contributed by atoms with Crippen molar-refractivity contribution in [3.8, 4) is 0 Å². The molecule has 0 radical (unpaired) electrons. The standard InChI is InChI=1S/C19H23N3O2/c23-18(16-12-20-17-7-2-1-6-15(16)17)13-21-8-10-22(11-9-21)19(24)14-4-3-5-14/h1-2,6-7,12,14,20H,3-5,8-11,13H2. The first-order valence-corrected chi connectivity index (χ1v) is 8.83. The first kappa shape index (κ1) is 15.4. The number of hydrogen-bond donors (Lipinski definition) is 1. The molecule has 2 fully saturated rings. The Kier molecular flexibility index (Phi) is 4.10. The summed E-state index contributed by atoms with van der Waals surface area (Å²) < 4.78 is 0.